The minimum atomic E-state index is -0.704. The fraction of sp³-hybridized carbons (Fsp3) is 0.357. The van der Waals surface area contributed by atoms with Crippen molar-refractivity contribution in [2.45, 2.75) is 19.3 Å². The number of carbonyl (C=O) groups is 2. The van der Waals surface area contributed by atoms with E-state index in [1.54, 1.807) is 29.2 Å². The predicted molar refractivity (Wildman–Crippen MR) is 77.6 cm³/mol. The lowest BCUT2D eigenvalue weighted by atomic mass is 10.1. The number of hydrazone groups is 1. The molecule has 2 amide bonds. The van der Waals surface area contributed by atoms with Gasteiger partial charge in [0.1, 0.15) is 0 Å². The maximum absolute atomic E-state index is 11.8. The molecule has 106 valence electrons. The lowest BCUT2D eigenvalue weighted by Crippen LogP contribution is -2.43. The van der Waals surface area contributed by atoms with Crippen molar-refractivity contribution in [3.05, 3.63) is 34.9 Å². The molecule has 1 aliphatic heterocycles. The van der Waals surface area contributed by atoms with Crippen molar-refractivity contribution in [3.8, 4) is 0 Å². The first-order chi connectivity index (χ1) is 9.66. The summed E-state index contributed by atoms with van der Waals surface area (Å²) in [5, 5.41) is 4.36. The van der Waals surface area contributed by atoms with E-state index in [1.165, 1.54) is 6.21 Å². The summed E-state index contributed by atoms with van der Waals surface area (Å²) in [6.45, 7) is 1.29. The molecule has 20 heavy (non-hydrogen) atoms. The number of nitrogens with zero attached hydrogens (tertiary/aromatic N) is 2. The molecule has 1 N–H and O–H groups in total. The number of halogens is 1. The van der Waals surface area contributed by atoms with Gasteiger partial charge in [0.2, 0.25) is 0 Å². The van der Waals surface area contributed by atoms with Crippen LogP contribution < -0.4 is 5.43 Å². The number of nitrogens with one attached hydrogen (secondary N) is 1. The highest BCUT2D eigenvalue weighted by atomic mass is 35.5. The summed E-state index contributed by atoms with van der Waals surface area (Å²) in [6.07, 6.45) is 4.46. The van der Waals surface area contributed by atoms with Crippen LogP contribution >= 0.6 is 11.6 Å². The highest BCUT2D eigenvalue weighted by Crippen LogP contribution is 2.09. The van der Waals surface area contributed by atoms with E-state index in [-0.39, 0.29) is 0 Å². The van der Waals surface area contributed by atoms with Gasteiger partial charge in [-0.15, -0.1) is 0 Å². The Labute approximate surface area is 122 Å². The zero-order valence-electron chi connectivity index (χ0n) is 11.0. The van der Waals surface area contributed by atoms with Crippen LogP contribution in [0.2, 0.25) is 5.02 Å². The number of hydrogen-bond acceptors (Lipinski definition) is 3. The zero-order chi connectivity index (χ0) is 14.4. The van der Waals surface area contributed by atoms with E-state index in [4.69, 9.17) is 11.6 Å². The second kappa shape index (κ2) is 7.05. The SMILES string of the molecule is O=C(N/N=C\c1cccc(Cl)c1)C(=O)N1CCCCC1. The number of piperidine rings is 1. The van der Waals surface area contributed by atoms with Crippen LogP contribution in [0.25, 0.3) is 0 Å². The molecule has 0 aliphatic carbocycles. The van der Waals surface area contributed by atoms with Crippen molar-refractivity contribution in [3.63, 3.8) is 0 Å². The molecule has 1 aliphatic rings. The average molecular weight is 294 g/mol. The number of rotatable bonds is 2. The molecule has 1 fully saturated rings. The van der Waals surface area contributed by atoms with E-state index in [1.807, 2.05) is 0 Å². The van der Waals surface area contributed by atoms with Gasteiger partial charge in [-0.3, -0.25) is 9.59 Å². The molecule has 0 atom stereocenters. The second-order valence-electron chi connectivity index (χ2n) is 4.61. The fourth-order valence-corrected chi connectivity index (χ4v) is 2.24. The van der Waals surface area contributed by atoms with Gasteiger partial charge in [0.05, 0.1) is 6.21 Å². The lowest BCUT2D eigenvalue weighted by Gasteiger charge is -2.25. The van der Waals surface area contributed by atoms with Crippen molar-refractivity contribution in [1.29, 1.82) is 0 Å². The van der Waals surface area contributed by atoms with E-state index in [0.29, 0.717) is 18.1 Å². The van der Waals surface area contributed by atoms with Gasteiger partial charge in [0.25, 0.3) is 0 Å². The molecular weight excluding hydrogens is 278 g/mol. The Bertz CT molecular complexity index is 525. The van der Waals surface area contributed by atoms with E-state index in [2.05, 4.69) is 10.5 Å². The smallest absolute Gasteiger partial charge is 0.329 e. The average Bonchev–Trinajstić information content (AvgIpc) is 2.47. The number of benzene rings is 1. The van der Waals surface area contributed by atoms with Gasteiger partial charge in [-0.25, -0.2) is 5.43 Å². The minimum Gasteiger partial charge on any atom is -0.334 e. The van der Waals surface area contributed by atoms with E-state index >= 15 is 0 Å². The molecule has 0 radical (unpaired) electrons. The van der Waals surface area contributed by atoms with Crippen LogP contribution in [-0.2, 0) is 9.59 Å². The largest absolute Gasteiger partial charge is 0.334 e. The molecule has 0 aromatic heterocycles. The van der Waals surface area contributed by atoms with Gasteiger partial charge in [-0.1, -0.05) is 23.7 Å². The van der Waals surface area contributed by atoms with E-state index < -0.39 is 11.8 Å². The summed E-state index contributed by atoms with van der Waals surface area (Å²) in [7, 11) is 0. The Balaban J connectivity index is 1.86. The van der Waals surface area contributed by atoms with Gasteiger partial charge < -0.3 is 4.90 Å². The summed E-state index contributed by atoms with van der Waals surface area (Å²) in [5.41, 5.74) is 3.00. The van der Waals surface area contributed by atoms with Crippen LogP contribution in [0, 0.1) is 0 Å². The van der Waals surface area contributed by atoms with Crippen molar-refractivity contribution in [2.24, 2.45) is 5.10 Å². The third-order valence-corrected chi connectivity index (χ3v) is 3.30. The van der Waals surface area contributed by atoms with Gasteiger partial charge in [0.15, 0.2) is 0 Å². The van der Waals surface area contributed by atoms with Gasteiger partial charge in [0, 0.05) is 18.1 Å². The van der Waals surface area contributed by atoms with Crippen LogP contribution in [0.1, 0.15) is 24.8 Å². The summed E-state index contributed by atoms with van der Waals surface area (Å²) in [4.78, 5) is 25.0. The summed E-state index contributed by atoms with van der Waals surface area (Å²) in [5.74, 6) is -1.22. The standard InChI is InChI=1S/C14H16ClN3O2/c15-12-6-4-5-11(9-12)10-16-17-13(19)14(20)18-7-2-1-3-8-18/h4-6,9-10H,1-3,7-8H2,(H,17,19)/b16-10-. The molecule has 1 saturated heterocycles. The van der Waals surface area contributed by atoms with E-state index in [0.717, 1.165) is 24.8 Å². The Morgan fingerprint density at radius 3 is 2.70 bits per heavy atom. The zero-order valence-corrected chi connectivity index (χ0v) is 11.8. The van der Waals surface area contributed by atoms with Crippen LogP contribution in [0.3, 0.4) is 0 Å². The summed E-state index contributed by atoms with van der Waals surface area (Å²) < 4.78 is 0. The van der Waals surface area contributed by atoms with Crippen LogP contribution in [0.15, 0.2) is 29.4 Å². The number of carbonyl (C=O) groups excluding carboxylic acids is 2. The molecule has 1 aromatic rings. The molecule has 0 bridgehead atoms. The molecule has 0 unspecified atom stereocenters. The molecular formula is C14H16ClN3O2. The molecule has 5 nitrogen and oxygen atoms in total. The number of hydrogen-bond donors (Lipinski definition) is 1. The topological polar surface area (TPSA) is 61.8 Å². The molecule has 6 heteroatoms. The van der Waals surface area contributed by atoms with Crippen molar-refractivity contribution >= 4 is 29.6 Å². The lowest BCUT2D eigenvalue weighted by molar-refractivity contribution is -0.146. The van der Waals surface area contributed by atoms with E-state index in [9.17, 15) is 9.59 Å². The maximum atomic E-state index is 11.8. The van der Waals surface area contributed by atoms with Crippen molar-refractivity contribution in [1.82, 2.24) is 10.3 Å². The van der Waals surface area contributed by atoms with Gasteiger partial charge >= 0.3 is 11.8 Å². The van der Waals surface area contributed by atoms with Gasteiger partial charge in [-0.05, 0) is 37.0 Å². The van der Waals surface area contributed by atoms with Crippen molar-refractivity contribution < 1.29 is 9.59 Å². The second-order valence-corrected chi connectivity index (χ2v) is 5.04. The van der Waals surface area contributed by atoms with Crippen LogP contribution in [0.5, 0.6) is 0 Å². The molecule has 1 heterocycles. The molecule has 0 saturated carbocycles. The molecule has 2 rings (SSSR count). The van der Waals surface area contributed by atoms with Crippen LogP contribution in [-0.4, -0.2) is 36.0 Å². The fourth-order valence-electron chi connectivity index (χ4n) is 2.04. The number of likely N-dealkylation sites (tertiary alicyclic amines) is 1. The Hall–Kier alpha value is -1.88. The summed E-state index contributed by atoms with van der Waals surface area (Å²) >= 11 is 5.83. The minimum absolute atomic E-state index is 0.520. The highest BCUT2D eigenvalue weighted by Gasteiger charge is 2.22. The quantitative estimate of drug-likeness (QED) is 0.513. The maximum Gasteiger partial charge on any atom is 0.329 e. The summed E-state index contributed by atoms with van der Waals surface area (Å²) in [6, 6.07) is 7.04. The third-order valence-electron chi connectivity index (χ3n) is 3.07. The molecule has 1 aromatic carbocycles. The first-order valence-corrected chi connectivity index (χ1v) is 6.92. The Kier molecular flexibility index (Phi) is 5.12. The molecule has 0 spiro atoms. The third kappa shape index (κ3) is 4.06. The number of amides is 2. The normalized spacial score (nSPS) is 15.3. The van der Waals surface area contributed by atoms with Crippen LogP contribution in [0.4, 0.5) is 0 Å². The first kappa shape index (κ1) is 14.5. The Morgan fingerprint density at radius 2 is 2.00 bits per heavy atom. The monoisotopic (exact) mass is 293 g/mol. The first-order valence-electron chi connectivity index (χ1n) is 6.55. The van der Waals surface area contributed by atoms with Gasteiger partial charge in [-0.2, -0.15) is 5.10 Å². The Morgan fingerprint density at radius 1 is 1.25 bits per heavy atom. The predicted octanol–water partition coefficient (Wildman–Crippen LogP) is 1.80. The van der Waals surface area contributed by atoms with Crippen molar-refractivity contribution in [2.75, 3.05) is 13.1 Å². The highest BCUT2D eigenvalue weighted by molar-refractivity contribution is 6.35.